The zero-order chi connectivity index (χ0) is 16.4. The maximum absolute atomic E-state index is 13.1. The summed E-state index contributed by atoms with van der Waals surface area (Å²) >= 11 is 0. The molecule has 1 aromatic carbocycles. The Hall–Kier alpha value is -1.60. The van der Waals surface area contributed by atoms with E-state index in [0.717, 1.165) is 12.5 Å². The largest absolute Gasteiger partial charge is 0.416 e. The van der Waals surface area contributed by atoms with E-state index in [9.17, 15) is 18.0 Å². The molecule has 0 spiro atoms. The van der Waals surface area contributed by atoms with Crippen molar-refractivity contribution in [2.75, 3.05) is 26.3 Å². The van der Waals surface area contributed by atoms with Crippen molar-refractivity contribution < 1.29 is 27.4 Å². The number of hydrogen-bond acceptors (Lipinski definition) is 3. The van der Waals surface area contributed by atoms with Crippen LogP contribution in [0.3, 0.4) is 0 Å². The fourth-order valence-corrected chi connectivity index (χ4v) is 3.05. The first-order valence-electron chi connectivity index (χ1n) is 7.65. The summed E-state index contributed by atoms with van der Waals surface area (Å²) in [4.78, 5) is 13.9. The van der Waals surface area contributed by atoms with Crippen LogP contribution in [0, 0.1) is 0 Å². The van der Waals surface area contributed by atoms with Crippen LogP contribution in [0.25, 0.3) is 0 Å². The van der Waals surface area contributed by atoms with E-state index < -0.39 is 23.9 Å². The van der Waals surface area contributed by atoms with Gasteiger partial charge in [-0.1, -0.05) is 18.2 Å². The quantitative estimate of drug-likeness (QED) is 0.837. The van der Waals surface area contributed by atoms with Gasteiger partial charge in [-0.2, -0.15) is 13.2 Å². The molecule has 4 nitrogen and oxygen atoms in total. The zero-order valence-corrected chi connectivity index (χ0v) is 12.5. The zero-order valence-electron chi connectivity index (χ0n) is 12.5. The molecule has 2 heterocycles. The highest BCUT2D eigenvalue weighted by Gasteiger charge is 2.38. The summed E-state index contributed by atoms with van der Waals surface area (Å²) in [6, 6.07) is 5.35. The topological polar surface area (TPSA) is 38.8 Å². The number of carbonyl (C=O) groups is 1. The van der Waals surface area contributed by atoms with Gasteiger partial charge in [0.2, 0.25) is 0 Å². The summed E-state index contributed by atoms with van der Waals surface area (Å²) in [5, 5.41) is 0. The summed E-state index contributed by atoms with van der Waals surface area (Å²) in [5.74, 6) is -0.153. The van der Waals surface area contributed by atoms with Crippen LogP contribution in [0.5, 0.6) is 0 Å². The van der Waals surface area contributed by atoms with Gasteiger partial charge < -0.3 is 14.4 Å². The third kappa shape index (κ3) is 3.50. The average molecular weight is 329 g/mol. The number of hydrogen-bond donors (Lipinski definition) is 0. The molecule has 1 amide bonds. The Morgan fingerprint density at radius 1 is 1.17 bits per heavy atom. The van der Waals surface area contributed by atoms with Crippen LogP contribution in [-0.4, -0.2) is 43.2 Å². The van der Waals surface area contributed by atoms with Crippen molar-refractivity contribution in [3.05, 3.63) is 35.4 Å². The van der Waals surface area contributed by atoms with Gasteiger partial charge >= 0.3 is 6.18 Å². The highest BCUT2D eigenvalue weighted by molar-refractivity contribution is 5.81. The van der Waals surface area contributed by atoms with Gasteiger partial charge in [0.05, 0.1) is 18.7 Å². The molecule has 0 saturated carbocycles. The molecule has 0 aromatic heterocycles. The first-order valence-corrected chi connectivity index (χ1v) is 7.65. The van der Waals surface area contributed by atoms with Gasteiger partial charge in [-0.05, 0) is 24.5 Å². The summed E-state index contributed by atoms with van der Waals surface area (Å²) in [7, 11) is 0. The number of benzene rings is 1. The number of carbonyl (C=O) groups excluding carboxylic acids is 1. The second-order valence-corrected chi connectivity index (χ2v) is 5.73. The molecule has 1 aromatic rings. The Kier molecular flexibility index (Phi) is 4.59. The van der Waals surface area contributed by atoms with E-state index in [1.54, 1.807) is 11.0 Å². The lowest BCUT2D eigenvalue weighted by Crippen LogP contribution is -2.46. The molecule has 0 radical (unpaired) electrons. The van der Waals surface area contributed by atoms with Crippen molar-refractivity contribution >= 4 is 5.91 Å². The van der Waals surface area contributed by atoms with Crippen LogP contribution in [0.15, 0.2) is 24.3 Å². The highest BCUT2D eigenvalue weighted by atomic mass is 19.4. The third-order valence-corrected chi connectivity index (χ3v) is 4.20. The number of rotatable bonds is 2. The van der Waals surface area contributed by atoms with Crippen LogP contribution in [-0.2, 0) is 20.4 Å². The summed E-state index contributed by atoms with van der Waals surface area (Å²) < 4.78 is 50.3. The lowest BCUT2D eigenvalue weighted by Gasteiger charge is -2.35. The summed E-state index contributed by atoms with van der Waals surface area (Å²) in [6.07, 6.45) is -4.18. The van der Waals surface area contributed by atoms with Crippen molar-refractivity contribution in [1.29, 1.82) is 0 Å². The molecule has 2 aliphatic rings. The fourth-order valence-electron chi connectivity index (χ4n) is 3.05. The molecule has 0 N–H and O–H groups in total. The van der Waals surface area contributed by atoms with Gasteiger partial charge in [-0.15, -0.1) is 0 Å². The minimum Gasteiger partial charge on any atom is -0.370 e. The lowest BCUT2D eigenvalue weighted by molar-refractivity contribution is -0.150. The van der Waals surface area contributed by atoms with Crippen molar-refractivity contribution in [3.8, 4) is 0 Å². The van der Waals surface area contributed by atoms with Crippen molar-refractivity contribution in [2.24, 2.45) is 0 Å². The van der Waals surface area contributed by atoms with Gasteiger partial charge in [0, 0.05) is 13.2 Å². The molecule has 7 heteroatoms. The SMILES string of the molecule is O=C([C@@H]1CCCO1)N1CCO[C@H](c2ccccc2C(F)(F)F)C1. The van der Waals surface area contributed by atoms with Crippen molar-refractivity contribution in [3.63, 3.8) is 0 Å². The van der Waals surface area contributed by atoms with Gasteiger partial charge in [-0.25, -0.2) is 0 Å². The van der Waals surface area contributed by atoms with Crippen LogP contribution in [0.1, 0.15) is 30.1 Å². The Labute approximate surface area is 132 Å². The van der Waals surface area contributed by atoms with Crippen LogP contribution < -0.4 is 0 Å². The molecule has 3 rings (SSSR count). The second-order valence-electron chi connectivity index (χ2n) is 5.73. The minimum atomic E-state index is -4.44. The molecule has 0 bridgehead atoms. The van der Waals surface area contributed by atoms with Crippen molar-refractivity contribution in [2.45, 2.75) is 31.2 Å². The van der Waals surface area contributed by atoms with E-state index in [-0.39, 0.29) is 24.6 Å². The van der Waals surface area contributed by atoms with Crippen LogP contribution in [0.2, 0.25) is 0 Å². The van der Waals surface area contributed by atoms with Crippen LogP contribution >= 0.6 is 0 Å². The van der Waals surface area contributed by atoms with Gasteiger partial charge in [0.15, 0.2) is 0 Å². The Bertz CT molecular complexity index is 570. The molecular formula is C16H18F3NO3. The Morgan fingerprint density at radius 3 is 2.65 bits per heavy atom. The maximum Gasteiger partial charge on any atom is 0.416 e. The number of halogens is 3. The molecule has 2 saturated heterocycles. The minimum absolute atomic E-state index is 0.0739. The molecule has 126 valence electrons. The van der Waals surface area contributed by atoms with Crippen LogP contribution in [0.4, 0.5) is 13.2 Å². The van der Waals surface area contributed by atoms with E-state index in [0.29, 0.717) is 19.6 Å². The number of nitrogens with zero attached hydrogens (tertiary/aromatic N) is 1. The molecule has 23 heavy (non-hydrogen) atoms. The number of morpholine rings is 1. The van der Waals surface area contributed by atoms with E-state index in [1.807, 2.05) is 0 Å². The smallest absolute Gasteiger partial charge is 0.370 e. The molecular weight excluding hydrogens is 311 g/mol. The van der Waals surface area contributed by atoms with E-state index >= 15 is 0 Å². The molecule has 2 atom stereocenters. The fraction of sp³-hybridized carbons (Fsp3) is 0.562. The first kappa shape index (κ1) is 16.3. The molecule has 0 aliphatic carbocycles. The van der Waals surface area contributed by atoms with E-state index in [2.05, 4.69) is 0 Å². The summed E-state index contributed by atoms with van der Waals surface area (Å²) in [5.41, 5.74) is -0.638. The number of alkyl halides is 3. The van der Waals surface area contributed by atoms with E-state index in [1.165, 1.54) is 12.1 Å². The summed E-state index contributed by atoms with van der Waals surface area (Å²) in [6.45, 7) is 1.27. The van der Waals surface area contributed by atoms with E-state index in [4.69, 9.17) is 9.47 Å². The standard InChI is InChI=1S/C16H18F3NO3/c17-16(18,19)12-5-2-1-4-11(12)14-10-20(7-9-23-14)15(21)13-6-3-8-22-13/h1-2,4-5,13-14H,3,6-10H2/t13-,14-/m0/s1. The lowest BCUT2D eigenvalue weighted by atomic mass is 10.0. The molecule has 2 fully saturated rings. The normalized spacial score (nSPS) is 25.6. The molecule has 0 unspecified atom stereocenters. The highest BCUT2D eigenvalue weighted by Crippen LogP contribution is 2.36. The van der Waals surface area contributed by atoms with Gasteiger partial charge in [0.25, 0.3) is 5.91 Å². The number of amides is 1. The third-order valence-electron chi connectivity index (χ3n) is 4.20. The number of ether oxygens (including phenoxy) is 2. The monoisotopic (exact) mass is 329 g/mol. The molecule has 2 aliphatic heterocycles. The van der Waals surface area contributed by atoms with Gasteiger partial charge in [0.1, 0.15) is 12.2 Å². The predicted octanol–water partition coefficient (Wildman–Crippen LogP) is 2.78. The predicted molar refractivity (Wildman–Crippen MR) is 75.7 cm³/mol. The van der Waals surface area contributed by atoms with Gasteiger partial charge in [-0.3, -0.25) is 4.79 Å². The Balaban J connectivity index is 1.78. The second kappa shape index (κ2) is 6.49. The average Bonchev–Trinajstić information content (AvgIpc) is 3.08. The maximum atomic E-state index is 13.1. The first-order chi connectivity index (χ1) is 11.0. The Morgan fingerprint density at radius 2 is 1.96 bits per heavy atom. The van der Waals surface area contributed by atoms with Crippen molar-refractivity contribution in [1.82, 2.24) is 4.90 Å².